The molecule has 0 aliphatic carbocycles. The molecule has 0 spiro atoms. The van der Waals surface area contributed by atoms with Crippen LogP contribution in [0.15, 0.2) is 61.2 Å². The highest BCUT2D eigenvalue weighted by molar-refractivity contribution is 5.27. The van der Waals surface area contributed by atoms with E-state index in [-0.39, 0.29) is 18.3 Å². The summed E-state index contributed by atoms with van der Waals surface area (Å²) >= 11 is 0. The molecule has 3 atom stereocenters. The third kappa shape index (κ3) is 5.35. The lowest BCUT2D eigenvalue weighted by Gasteiger charge is -2.36. The summed E-state index contributed by atoms with van der Waals surface area (Å²) in [5.74, 6) is 1.66. The monoisotopic (exact) mass is 384 g/mol. The minimum atomic E-state index is -0.202. The highest BCUT2D eigenvalue weighted by atomic mass is 16.6. The molecule has 150 valence electrons. The Bertz CT molecular complexity index is 726. The Morgan fingerprint density at radius 2 is 1.43 bits per heavy atom. The van der Waals surface area contributed by atoms with Crippen molar-refractivity contribution < 1.29 is 23.7 Å². The molecule has 0 radical (unpaired) electrons. The summed E-state index contributed by atoms with van der Waals surface area (Å²) in [4.78, 5) is 0. The maximum Gasteiger partial charge on any atom is 0.118 e. The third-order valence-corrected chi connectivity index (χ3v) is 4.86. The van der Waals surface area contributed by atoms with E-state index in [1.165, 1.54) is 0 Å². The van der Waals surface area contributed by atoms with Gasteiger partial charge in [0.05, 0.1) is 40.1 Å². The van der Waals surface area contributed by atoms with Crippen molar-refractivity contribution in [2.75, 3.05) is 20.8 Å². The van der Waals surface area contributed by atoms with Crippen LogP contribution in [-0.2, 0) is 27.4 Å². The van der Waals surface area contributed by atoms with Gasteiger partial charge in [-0.05, 0) is 41.8 Å². The van der Waals surface area contributed by atoms with Crippen LogP contribution in [0.25, 0.3) is 0 Å². The number of rotatable bonds is 9. The van der Waals surface area contributed by atoms with Gasteiger partial charge in [-0.1, -0.05) is 30.3 Å². The Labute approximate surface area is 166 Å². The molecule has 28 heavy (non-hydrogen) atoms. The first kappa shape index (κ1) is 20.4. The molecule has 0 aromatic heterocycles. The number of hydrogen-bond donors (Lipinski definition) is 0. The van der Waals surface area contributed by atoms with Gasteiger partial charge < -0.3 is 23.7 Å². The average molecular weight is 384 g/mol. The zero-order valence-corrected chi connectivity index (χ0v) is 16.5. The highest BCUT2D eigenvalue weighted by Crippen LogP contribution is 2.25. The average Bonchev–Trinajstić information content (AvgIpc) is 2.77. The van der Waals surface area contributed by atoms with Crippen molar-refractivity contribution in [1.29, 1.82) is 0 Å². The fourth-order valence-electron chi connectivity index (χ4n) is 3.21. The Morgan fingerprint density at radius 3 is 1.93 bits per heavy atom. The second kappa shape index (κ2) is 10.3. The molecule has 1 fully saturated rings. The number of ether oxygens (including phenoxy) is 5. The first-order chi connectivity index (χ1) is 13.7. The molecule has 2 aromatic carbocycles. The molecular formula is C23H28O5. The van der Waals surface area contributed by atoms with Crippen molar-refractivity contribution in [2.45, 2.75) is 37.9 Å². The van der Waals surface area contributed by atoms with E-state index >= 15 is 0 Å². The van der Waals surface area contributed by atoms with Crippen LogP contribution in [0.2, 0.25) is 0 Å². The van der Waals surface area contributed by atoms with Gasteiger partial charge in [-0.3, -0.25) is 0 Å². The SMILES string of the molecule is C=CC1OCCC(OCc2ccc(OC)cc2)C1OCc1ccc(OC)cc1. The Kier molecular flexibility index (Phi) is 7.48. The van der Waals surface area contributed by atoms with Crippen LogP contribution in [-0.4, -0.2) is 39.1 Å². The molecule has 3 unspecified atom stereocenters. The maximum absolute atomic E-state index is 6.20. The normalized spacial score (nSPS) is 21.9. The van der Waals surface area contributed by atoms with Crippen molar-refractivity contribution >= 4 is 0 Å². The van der Waals surface area contributed by atoms with Gasteiger partial charge >= 0.3 is 0 Å². The summed E-state index contributed by atoms with van der Waals surface area (Å²) < 4.78 is 28.6. The van der Waals surface area contributed by atoms with Gasteiger partial charge in [0.1, 0.15) is 23.7 Å². The van der Waals surface area contributed by atoms with Crippen LogP contribution in [0.3, 0.4) is 0 Å². The summed E-state index contributed by atoms with van der Waals surface area (Å²) in [7, 11) is 3.32. The smallest absolute Gasteiger partial charge is 0.118 e. The van der Waals surface area contributed by atoms with Gasteiger partial charge in [-0.2, -0.15) is 0 Å². The van der Waals surface area contributed by atoms with Gasteiger partial charge in [0.25, 0.3) is 0 Å². The Balaban J connectivity index is 1.60. The van der Waals surface area contributed by atoms with E-state index in [4.69, 9.17) is 23.7 Å². The summed E-state index contributed by atoms with van der Waals surface area (Å²) in [5, 5.41) is 0. The number of benzene rings is 2. The van der Waals surface area contributed by atoms with E-state index in [0.29, 0.717) is 19.8 Å². The topological polar surface area (TPSA) is 46.2 Å². The number of methoxy groups -OCH3 is 2. The van der Waals surface area contributed by atoms with Crippen LogP contribution < -0.4 is 9.47 Å². The van der Waals surface area contributed by atoms with Gasteiger partial charge in [0.15, 0.2) is 0 Å². The molecule has 1 aliphatic heterocycles. The fourth-order valence-corrected chi connectivity index (χ4v) is 3.21. The van der Waals surface area contributed by atoms with E-state index in [9.17, 15) is 0 Å². The van der Waals surface area contributed by atoms with Crippen molar-refractivity contribution in [3.63, 3.8) is 0 Å². The molecule has 5 heteroatoms. The van der Waals surface area contributed by atoms with Crippen LogP contribution in [0.1, 0.15) is 17.5 Å². The zero-order valence-electron chi connectivity index (χ0n) is 16.5. The zero-order chi connectivity index (χ0) is 19.8. The van der Waals surface area contributed by atoms with E-state index in [2.05, 4.69) is 6.58 Å². The fraction of sp³-hybridized carbons (Fsp3) is 0.391. The molecule has 1 saturated heterocycles. The van der Waals surface area contributed by atoms with Crippen LogP contribution >= 0.6 is 0 Å². The van der Waals surface area contributed by atoms with Gasteiger partial charge in [0.2, 0.25) is 0 Å². The quantitative estimate of drug-likeness (QED) is 0.608. The molecule has 5 nitrogen and oxygen atoms in total. The molecule has 0 bridgehead atoms. The maximum atomic E-state index is 6.20. The summed E-state index contributed by atoms with van der Waals surface area (Å²) in [5.41, 5.74) is 2.17. The summed E-state index contributed by atoms with van der Waals surface area (Å²) in [6.45, 7) is 5.52. The van der Waals surface area contributed by atoms with Crippen LogP contribution in [0.4, 0.5) is 0 Å². The molecule has 3 rings (SSSR count). The van der Waals surface area contributed by atoms with E-state index in [1.807, 2.05) is 48.5 Å². The van der Waals surface area contributed by atoms with Crippen LogP contribution in [0.5, 0.6) is 11.5 Å². The lowest BCUT2D eigenvalue weighted by atomic mass is 10.0. The van der Waals surface area contributed by atoms with Crippen molar-refractivity contribution in [2.24, 2.45) is 0 Å². The third-order valence-electron chi connectivity index (χ3n) is 4.86. The van der Waals surface area contributed by atoms with Crippen molar-refractivity contribution in [3.05, 3.63) is 72.3 Å². The Morgan fingerprint density at radius 1 is 0.893 bits per heavy atom. The molecule has 0 amide bonds. The van der Waals surface area contributed by atoms with E-state index in [0.717, 1.165) is 29.0 Å². The van der Waals surface area contributed by atoms with Gasteiger partial charge in [0, 0.05) is 0 Å². The molecule has 1 aliphatic rings. The largest absolute Gasteiger partial charge is 0.497 e. The van der Waals surface area contributed by atoms with E-state index in [1.54, 1.807) is 20.3 Å². The Hall–Kier alpha value is -2.34. The van der Waals surface area contributed by atoms with Crippen molar-refractivity contribution in [1.82, 2.24) is 0 Å². The predicted octanol–water partition coefficient (Wildman–Crippen LogP) is 4.15. The summed E-state index contributed by atoms with van der Waals surface area (Å²) in [6, 6.07) is 15.8. The first-order valence-corrected chi connectivity index (χ1v) is 9.46. The standard InChI is InChI=1S/C23H28O5/c1-4-21-23(28-16-18-7-11-20(25-3)12-8-18)22(13-14-26-21)27-15-17-5-9-19(24-2)10-6-17/h4-12,21-23H,1,13-16H2,2-3H3. The lowest BCUT2D eigenvalue weighted by molar-refractivity contribution is -0.170. The second-order valence-electron chi connectivity index (χ2n) is 6.68. The molecule has 2 aromatic rings. The van der Waals surface area contributed by atoms with Gasteiger partial charge in [-0.15, -0.1) is 6.58 Å². The van der Waals surface area contributed by atoms with E-state index < -0.39 is 0 Å². The minimum Gasteiger partial charge on any atom is -0.497 e. The minimum absolute atomic E-state index is 0.0582. The lowest BCUT2D eigenvalue weighted by Crippen LogP contribution is -2.46. The number of hydrogen-bond acceptors (Lipinski definition) is 5. The van der Waals surface area contributed by atoms with Crippen molar-refractivity contribution in [3.8, 4) is 11.5 Å². The molecular weight excluding hydrogens is 356 g/mol. The highest BCUT2D eigenvalue weighted by Gasteiger charge is 2.34. The second-order valence-corrected chi connectivity index (χ2v) is 6.68. The van der Waals surface area contributed by atoms with Crippen LogP contribution in [0, 0.1) is 0 Å². The molecule has 0 N–H and O–H groups in total. The molecule has 1 heterocycles. The summed E-state index contributed by atoms with van der Waals surface area (Å²) in [6.07, 6.45) is 2.13. The predicted molar refractivity (Wildman–Crippen MR) is 108 cm³/mol. The first-order valence-electron chi connectivity index (χ1n) is 9.46. The molecule has 0 saturated carbocycles. The van der Waals surface area contributed by atoms with Gasteiger partial charge in [-0.25, -0.2) is 0 Å².